The molecule has 2 rings (SSSR count). The van der Waals surface area contributed by atoms with E-state index >= 15 is 0 Å². The Hall–Kier alpha value is -1.22. The monoisotopic (exact) mass is 490 g/mol. The maximum absolute atomic E-state index is 5.66. The third kappa shape index (κ3) is 6.64. The van der Waals surface area contributed by atoms with Gasteiger partial charge in [0.25, 0.3) is 0 Å². The number of hydrogen-bond donors (Lipinski definition) is 0. The highest BCUT2D eigenvalue weighted by Crippen LogP contribution is 2.49. The Morgan fingerprint density at radius 2 is 0.967 bits per heavy atom. The van der Waals surface area contributed by atoms with Gasteiger partial charge in [0, 0.05) is 52.1 Å². The van der Waals surface area contributed by atoms with Crippen LogP contribution in [0.15, 0.2) is 46.6 Å². The standard InChI is InChI=1S/C18H24N2O6P2S2/c1-13-11-15(25-27(29,21-3)22-4)7-9-17(13)19-20-18-10-8-16(12-14(18)2)26-28(30,23-5)24-6/h7-12H,1-6H3. The highest BCUT2D eigenvalue weighted by atomic mass is 32.5. The summed E-state index contributed by atoms with van der Waals surface area (Å²) in [5.74, 6) is 1.09. The first-order chi connectivity index (χ1) is 14.2. The normalized spacial score (nSPS) is 12.3. The Morgan fingerprint density at radius 1 is 0.633 bits per heavy atom. The van der Waals surface area contributed by atoms with Crippen molar-refractivity contribution in [1.82, 2.24) is 0 Å². The van der Waals surface area contributed by atoms with Crippen LogP contribution in [0.5, 0.6) is 11.5 Å². The van der Waals surface area contributed by atoms with Crippen molar-refractivity contribution in [3.63, 3.8) is 0 Å². The third-order valence-electron chi connectivity index (χ3n) is 3.93. The van der Waals surface area contributed by atoms with Crippen molar-refractivity contribution < 1.29 is 27.1 Å². The van der Waals surface area contributed by atoms with Gasteiger partial charge in [-0.1, -0.05) is 0 Å². The Balaban J connectivity index is 2.17. The fourth-order valence-corrected chi connectivity index (χ4v) is 4.11. The molecule has 0 aliphatic rings. The van der Waals surface area contributed by atoms with Crippen molar-refractivity contribution in [1.29, 1.82) is 0 Å². The van der Waals surface area contributed by atoms with E-state index in [9.17, 15) is 0 Å². The SMILES string of the molecule is COP(=S)(OC)Oc1ccc(N=Nc2ccc(OP(=S)(OC)OC)cc2C)c(C)c1. The van der Waals surface area contributed by atoms with Crippen LogP contribution in [0, 0.1) is 13.8 Å². The molecule has 0 heterocycles. The molecule has 0 bridgehead atoms. The van der Waals surface area contributed by atoms with E-state index in [1.54, 1.807) is 36.4 Å². The molecule has 0 N–H and O–H groups in total. The Labute approximate surface area is 187 Å². The minimum Gasteiger partial charge on any atom is -0.424 e. The van der Waals surface area contributed by atoms with Crippen LogP contribution in [-0.2, 0) is 41.7 Å². The van der Waals surface area contributed by atoms with E-state index in [2.05, 4.69) is 10.2 Å². The van der Waals surface area contributed by atoms with Gasteiger partial charge in [0.2, 0.25) is 0 Å². The first-order valence-corrected chi connectivity index (χ1v) is 13.7. The van der Waals surface area contributed by atoms with Gasteiger partial charge in [0.15, 0.2) is 0 Å². The molecule has 8 nitrogen and oxygen atoms in total. The van der Waals surface area contributed by atoms with Crippen LogP contribution < -0.4 is 9.05 Å². The molecule has 0 atom stereocenters. The van der Waals surface area contributed by atoms with Crippen molar-refractivity contribution >= 4 is 48.4 Å². The number of benzene rings is 2. The zero-order chi connectivity index (χ0) is 22.4. The molecule has 2 aromatic carbocycles. The van der Waals surface area contributed by atoms with Gasteiger partial charge in [-0.25, -0.2) is 0 Å². The maximum Gasteiger partial charge on any atom is 0.380 e. The number of aryl methyl sites for hydroxylation is 2. The van der Waals surface area contributed by atoms with Crippen LogP contribution >= 0.6 is 13.4 Å². The van der Waals surface area contributed by atoms with E-state index in [4.69, 9.17) is 50.8 Å². The molecule has 0 aromatic heterocycles. The van der Waals surface area contributed by atoms with Gasteiger partial charge in [-0.05, 0) is 61.4 Å². The van der Waals surface area contributed by atoms with E-state index < -0.39 is 13.4 Å². The van der Waals surface area contributed by atoms with Crippen molar-refractivity contribution in [2.75, 3.05) is 28.4 Å². The van der Waals surface area contributed by atoms with Crippen molar-refractivity contribution in [3.8, 4) is 11.5 Å². The predicted octanol–water partition coefficient (Wildman–Crippen LogP) is 6.51. The first kappa shape index (κ1) is 25.0. The summed E-state index contributed by atoms with van der Waals surface area (Å²) in [5, 5.41) is 8.67. The lowest BCUT2D eigenvalue weighted by atomic mass is 10.2. The molecular weight excluding hydrogens is 466 g/mol. The van der Waals surface area contributed by atoms with E-state index in [1.807, 2.05) is 13.8 Å². The first-order valence-electron chi connectivity index (χ1n) is 8.63. The third-order valence-corrected chi connectivity index (χ3v) is 8.82. The van der Waals surface area contributed by atoms with Crippen molar-refractivity contribution in [3.05, 3.63) is 47.5 Å². The smallest absolute Gasteiger partial charge is 0.380 e. The zero-order valence-corrected chi connectivity index (χ0v) is 20.9. The van der Waals surface area contributed by atoms with Gasteiger partial charge in [0.05, 0.1) is 11.4 Å². The molecule has 0 radical (unpaired) electrons. The van der Waals surface area contributed by atoms with Gasteiger partial charge < -0.3 is 27.1 Å². The summed E-state index contributed by atoms with van der Waals surface area (Å²) in [6.07, 6.45) is 0. The fourth-order valence-electron chi connectivity index (χ4n) is 2.26. The number of rotatable bonds is 10. The second kappa shape index (κ2) is 10.9. The fraction of sp³-hybridized carbons (Fsp3) is 0.333. The molecule has 0 saturated heterocycles. The van der Waals surface area contributed by atoms with Gasteiger partial charge in [-0.2, -0.15) is 10.2 Å². The summed E-state index contributed by atoms with van der Waals surface area (Å²) in [4.78, 5) is 0. The van der Waals surface area contributed by atoms with Gasteiger partial charge in [0.1, 0.15) is 11.5 Å². The molecule has 0 aliphatic carbocycles. The van der Waals surface area contributed by atoms with E-state index in [0.29, 0.717) is 22.9 Å². The second-order valence-corrected chi connectivity index (χ2v) is 12.2. The molecule has 2 aromatic rings. The maximum atomic E-state index is 5.66. The Kier molecular flexibility index (Phi) is 9.09. The van der Waals surface area contributed by atoms with Crippen LogP contribution in [0.4, 0.5) is 11.4 Å². The molecule has 164 valence electrons. The van der Waals surface area contributed by atoms with Gasteiger partial charge in [-0.15, -0.1) is 0 Å². The molecule has 0 fully saturated rings. The van der Waals surface area contributed by atoms with Crippen molar-refractivity contribution in [2.24, 2.45) is 10.2 Å². The predicted molar refractivity (Wildman–Crippen MR) is 124 cm³/mol. The summed E-state index contributed by atoms with van der Waals surface area (Å²) in [5.41, 5.74) is 3.12. The molecule has 30 heavy (non-hydrogen) atoms. The lowest BCUT2D eigenvalue weighted by Gasteiger charge is -2.18. The number of nitrogens with zero attached hydrogens (tertiary/aromatic N) is 2. The topological polar surface area (TPSA) is 80.1 Å². The van der Waals surface area contributed by atoms with Crippen LogP contribution in [0.25, 0.3) is 0 Å². The molecule has 0 saturated carbocycles. The summed E-state index contributed by atoms with van der Waals surface area (Å²) >= 11 is 10.4. The molecule has 0 aliphatic heterocycles. The van der Waals surface area contributed by atoms with E-state index in [1.165, 1.54) is 28.4 Å². The lowest BCUT2D eigenvalue weighted by molar-refractivity contribution is 0.272. The molecule has 0 unspecified atom stereocenters. The molecular formula is C18H24N2O6P2S2. The summed E-state index contributed by atoms with van der Waals surface area (Å²) < 4.78 is 31.9. The van der Waals surface area contributed by atoms with Crippen LogP contribution in [0.1, 0.15) is 11.1 Å². The van der Waals surface area contributed by atoms with E-state index in [-0.39, 0.29) is 0 Å². The minimum atomic E-state index is -2.79. The molecule has 0 spiro atoms. The molecule has 0 amide bonds. The second-order valence-electron chi connectivity index (χ2n) is 5.90. The Morgan fingerprint density at radius 3 is 1.23 bits per heavy atom. The van der Waals surface area contributed by atoms with E-state index in [0.717, 1.165) is 11.1 Å². The van der Waals surface area contributed by atoms with Crippen LogP contribution in [-0.4, -0.2) is 28.4 Å². The molecule has 12 heteroatoms. The summed E-state index contributed by atoms with van der Waals surface area (Å²) in [7, 11) is 5.83. The summed E-state index contributed by atoms with van der Waals surface area (Å²) in [6, 6.07) is 10.7. The average molecular weight is 490 g/mol. The van der Waals surface area contributed by atoms with Crippen LogP contribution in [0.3, 0.4) is 0 Å². The number of azo groups is 1. The van der Waals surface area contributed by atoms with Gasteiger partial charge in [-0.3, -0.25) is 0 Å². The van der Waals surface area contributed by atoms with Crippen molar-refractivity contribution in [2.45, 2.75) is 13.8 Å². The Bertz CT molecular complexity index is 923. The minimum absolute atomic E-state index is 0.545. The largest absolute Gasteiger partial charge is 0.424 e. The lowest BCUT2D eigenvalue weighted by Crippen LogP contribution is -1.97. The zero-order valence-electron chi connectivity index (χ0n) is 17.5. The van der Waals surface area contributed by atoms with Gasteiger partial charge >= 0.3 is 13.4 Å². The highest BCUT2D eigenvalue weighted by molar-refractivity contribution is 8.08. The van der Waals surface area contributed by atoms with Crippen LogP contribution in [0.2, 0.25) is 0 Å². The highest BCUT2D eigenvalue weighted by Gasteiger charge is 2.19. The summed E-state index contributed by atoms with van der Waals surface area (Å²) in [6.45, 7) is -1.78. The quantitative estimate of drug-likeness (QED) is 0.275. The average Bonchev–Trinajstić information content (AvgIpc) is 2.74. The number of hydrogen-bond acceptors (Lipinski definition) is 10.